The van der Waals surface area contributed by atoms with Crippen LogP contribution >= 0.6 is 23.4 Å². The van der Waals surface area contributed by atoms with E-state index in [1.807, 2.05) is 53.1 Å². The summed E-state index contributed by atoms with van der Waals surface area (Å²) >= 11 is 7.41. The highest BCUT2D eigenvalue weighted by atomic mass is 35.5. The molecule has 1 N–H and O–H groups in total. The molecule has 1 aliphatic rings. The summed E-state index contributed by atoms with van der Waals surface area (Å²) in [5.74, 6) is 1.48. The molecule has 0 bridgehead atoms. The van der Waals surface area contributed by atoms with Crippen molar-refractivity contribution in [1.82, 2.24) is 20.1 Å². The molecule has 2 heterocycles. The Bertz CT molecular complexity index is 1040. The molecule has 3 aromatic rings. The van der Waals surface area contributed by atoms with Gasteiger partial charge in [0.05, 0.1) is 24.5 Å². The van der Waals surface area contributed by atoms with Crippen LogP contribution < -0.4 is 10.1 Å². The van der Waals surface area contributed by atoms with Gasteiger partial charge in [0, 0.05) is 23.9 Å². The van der Waals surface area contributed by atoms with Gasteiger partial charge in [0.1, 0.15) is 5.75 Å². The number of hydrogen-bond acceptors (Lipinski definition) is 6. The Kier molecular flexibility index (Phi) is 7.11. The average Bonchev–Trinajstić information content (AvgIpc) is 3.47. The van der Waals surface area contributed by atoms with E-state index in [-0.39, 0.29) is 17.8 Å². The van der Waals surface area contributed by atoms with Gasteiger partial charge >= 0.3 is 0 Å². The Morgan fingerprint density at radius 2 is 2.06 bits per heavy atom. The molecule has 1 saturated heterocycles. The molecule has 162 valence electrons. The van der Waals surface area contributed by atoms with Gasteiger partial charge in [0.25, 0.3) is 0 Å². The van der Waals surface area contributed by atoms with E-state index in [1.165, 1.54) is 11.8 Å². The molecule has 31 heavy (non-hydrogen) atoms. The molecule has 0 aliphatic carbocycles. The monoisotopic (exact) mass is 458 g/mol. The van der Waals surface area contributed by atoms with Crippen molar-refractivity contribution in [2.45, 2.75) is 24.1 Å². The molecule has 0 saturated carbocycles. The lowest BCUT2D eigenvalue weighted by molar-refractivity contribution is -0.119. The Morgan fingerprint density at radius 1 is 1.26 bits per heavy atom. The highest BCUT2D eigenvalue weighted by Gasteiger charge is 2.20. The van der Waals surface area contributed by atoms with Crippen LogP contribution in [0.2, 0.25) is 5.02 Å². The largest absolute Gasteiger partial charge is 0.496 e. The number of thioether (sulfide) groups is 1. The molecule has 1 aliphatic heterocycles. The molecular formula is C22H23ClN4O3S. The predicted octanol–water partition coefficient (Wildman–Crippen LogP) is 3.98. The second-order valence-corrected chi connectivity index (χ2v) is 8.43. The van der Waals surface area contributed by atoms with Gasteiger partial charge in [-0.15, -0.1) is 10.2 Å². The van der Waals surface area contributed by atoms with Gasteiger partial charge in [0.15, 0.2) is 11.0 Å². The van der Waals surface area contributed by atoms with Crippen molar-refractivity contribution < 1.29 is 14.3 Å². The van der Waals surface area contributed by atoms with Crippen LogP contribution in [-0.2, 0) is 9.53 Å². The van der Waals surface area contributed by atoms with E-state index >= 15 is 0 Å². The second-order valence-electron chi connectivity index (χ2n) is 7.05. The van der Waals surface area contributed by atoms with Crippen molar-refractivity contribution in [3.05, 3.63) is 53.6 Å². The van der Waals surface area contributed by atoms with Gasteiger partial charge in [-0.3, -0.25) is 9.36 Å². The van der Waals surface area contributed by atoms with Gasteiger partial charge < -0.3 is 14.8 Å². The summed E-state index contributed by atoms with van der Waals surface area (Å²) < 4.78 is 13.0. The SMILES string of the molecule is COc1ccccc1-c1nnc(SCC(=O)NC[C@@H]2CCCO2)n1-c1ccc(Cl)cc1. The van der Waals surface area contributed by atoms with Gasteiger partial charge in [-0.05, 0) is 49.2 Å². The minimum Gasteiger partial charge on any atom is -0.496 e. The fraction of sp³-hybridized carbons (Fsp3) is 0.318. The smallest absolute Gasteiger partial charge is 0.230 e. The van der Waals surface area contributed by atoms with E-state index in [2.05, 4.69) is 15.5 Å². The highest BCUT2D eigenvalue weighted by molar-refractivity contribution is 7.99. The summed E-state index contributed by atoms with van der Waals surface area (Å²) in [7, 11) is 1.62. The number of aromatic nitrogens is 3. The lowest BCUT2D eigenvalue weighted by Gasteiger charge is -2.13. The third-order valence-corrected chi connectivity index (χ3v) is 6.13. The summed E-state index contributed by atoms with van der Waals surface area (Å²) in [5.41, 5.74) is 1.65. The fourth-order valence-electron chi connectivity index (χ4n) is 3.40. The summed E-state index contributed by atoms with van der Waals surface area (Å²) in [5, 5.41) is 13.0. The van der Waals surface area contributed by atoms with Crippen LogP contribution in [0, 0.1) is 0 Å². The molecule has 1 aromatic heterocycles. The first-order valence-electron chi connectivity index (χ1n) is 10.0. The van der Waals surface area contributed by atoms with Crippen LogP contribution in [0.25, 0.3) is 17.1 Å². The standard InChI is InChI=1S/C22H23ClN4O3S/c1-29-19-7-3-2-6-18(19)21-25-26-22(27(21)16-10-8-15(23)9-11-16)31-14-20(28)24-13-17-5-4-12-30-17/h2-3,6-11,17H,4-5,12-14H2,1H3,(H,24,28)/t17-/m0/s1. The number of amides is 1. The van der Waals surface area contributed by atoms with Gasteiger partial charge in [-0.25, -0.2) is 0 Å². The van der Waals surface area contributed by atoms with Crippen molar-refractivity contribution in [1.29, 1.82) is 0 Å². The molecule has 0 radical (unpaired) electrons. The van der Waals surface area contributed by atoms with Crippen LogP contribution in [0.3, 0.4) is 0 Å². The zero-order chi connectivity index (χ0) is 21.6. The molecule has 1 fully saturated rings. The molecule has 1 amide bonds. The van der Waals surface area contributed by atoms with Crippen molar-refractivity contribution in [2.75, 3.05) is 26.0 Å². The number of halogens is 1. The number of carbonyl (C=O) groups is 1. The van der Waals surface area contributed by atoms with E-state index in [9.17, 15) is 4.79 Å². The first kappa shape index (κ1) is 21.7. The van der Waals surface area contributed by atoms with E-state index in [0.717, 1.165) is 30.7 Å². The molecular weight excluding hydrogens is 436 g/mol. The van der Waals surface area contributed by atoms with Crippen molar-refractivity contribution in [3.63, 3.8) is 0 Å². The number of nitrogens with one attached hydrogen (secondary N) is 1. The summed E-state index contributed by atoms with van der Waals surface area (Å²) in [6, 6.07) is 15.0. The van der Waals surface area contributed by atoms with Gasteiger partial charge in [0.2, 0.25) is 5.91 Å². The first-order valence-corrected chi connectivity index (χ1v) is 11.4. The van der Waals surface area contributed by atoms with E-state index in [4.69, 9.17) is 21.1 Å². The molecule has 9 heteroatoms. The Morgan fingerprint density at radius 3 is 2.81 bits per heavy atom. The van der Waals surface area contributed by atoms with Gasteiger partial charge in [-0.1, -0.05) is 35.5 Å². The molecule has 0 unspecified atom stereocenters. The molecule has 0 spiro atoms. The maximum absolute atomic E-state index is 12.4. The summed E-state index contributed by atoms with van der Waals surface area (Å²) in [6.07, 6.45) is 2.15. The van der Waals surface area contributed by atoms with E-state index in [0.29, 0.717) is 28.3 Å². The lowest BCUT2D eigenvalue weighted by atomic mass is 10.2. The third kappa shape index (κ3) is 5.20. The van der Waals surface area contributed by atoms with E-state index in [1.54, 1.807) is 7.11 Å². The number of para-hydroxylation sites is 1. The zero-order valence-corrected chi connectivity index (χ0v) is 18.7. The summed E-state index contributed by atoms with van der Waals surface area (Å²) in [6.45, 7) is 1.31. The Labute approximate surface area is 190 Å². The quantitative estimate of drug-likeness (QED) is 0.514. The van der Waals surface area contributed by atoms with Crippen LogP contribution in [0.1, 0.15) is 12.8 Å². The molecule has 2 aromatic carbocycles. The predicted molar refractivity (Wildman–Crippen MR) is 121 cm³/mol. The number of carbonyl (C=O) groups excluding carboxylic acids is 1. The maximum Gasteiger partial charge on any atom is 0.230 e. The zero-order valence-electron chi connectivity index (χ0n) is 17.1. The normalized spacial score (nSPS) is 15.7. The molecule has 7 nitrogen and oxygen atoms in total. The third-order valence-electron chi connectivity index (χ3n) is 4.95. The Hall–Kier alpha value is -2.55. The lowest BCUT2D eigenvalue weighted by Crippen LogP contribution is -2.32. The van der Waals surface area contributed by atoms with Crippen LogP contribution in [-0.4, -0.2) is 52.8 Å². The van der Waals surface area contributed by atoms with Gasteiger partial charge in [-0.2, -0.15) is 0 Å². The van der Waals surface area contributed by atoms with Crippen molar-refractivity contribution in [2.24, 2.45) is 0 Å². The number of nitrogens with zero attached hydrogens (tertiary/aromatic N) is 3. The molecule has 4 rings (SSSR count). The highest BCUT2D eigenvalue weighted by Crippen LogP contribution is 2.33. The molecule has 1 atom stereocenters. The fourth-order valence-corrected chi connectivity index (χ4v) is 4.31. The minimum atomic E-state index is -0.0648. The second kappa shape index (κ2) is 10.2. The van der Waals surface area contributed by atoms with Crippen LogP contribution in [0.15, 0.2) is 53.7 Å². The number of benzene rings is 2. The topological polar surface area (TPSA) is 78.3 Å². The number of methoxy groups -OCH3 is 1. The number of rotatable bonds is 8. The van der Waals surface area contributed by atoms with Crippen molar-refractivity contribution >= 4 is 29.3 Å². The average molecular weight is 459 g/mol. The number of hydrogen-bond donors (Lipinski definition) is 1. The minimum absolute atomic E-state index is 0.0648. The number of ether oxygens (including phenoxy) is 2. The Balaban J connectivity index is 1.58. The van der Waals surface area contributed by atoms with E-state index < -0.39 is 0 Å². The summed E-state index contributed by atoms with van der Waals surface area (Å²) in [4.78, 5) is 12.4. The van der Waals surface area contributed by atoms with Crippen LogP contribution in [0.5, 0.6) is 5.75 Å². The van der Waals surface area contributed by atoms with Crippen LogP contribution in [0.4, 0.5) is 0 Å². The first-order chi connectivity index (χ1) is 15.2. The maximum atomic E-state index is 12.4. The van der Waals surface area contributed by atoms with Crippen molar-refractivity contribution in [3.8, 4) is 22.8 Å².